The van der Waals surface area contributed by atoms with Crippen molar-refractivity contribution in [3.05, 3.63) is 60.7 Å². The summed E-state index contributed by atoms with van der Waals surface area (Å²) in [5.74, 6) is -0.164. The molecule has 0 aliphatic carbocycles. The molecule has 0 spiro atoms. The molecule has 0 atom stereocenters. The van der Waals surface area contributed by atoms with Crippen LogP contribution in [0.2, 0.25) is 0 Å². The van der Waals surface area contributed by atoms with E-state index in [0.29, 0.717) is 37.6 Å². The molecule has 0 heterocycles. The maximum absolute atomic E-state index is 10.5. The van der Waals surface area contributed by atoms with Gasteiger partial charge in [-0.05, 0) is 80.5 Å². The van der Waals surface area contributed by atoms with Gasteiger partial charge in [-0.25, -0.2) is 0 Å². The van der Waals surface area contributed by atoms with E-state index in [9.17, 15) is 10.2 Å². The Morgan fingerprint density at radius 2 is 0.795 bits per heavy atom. The van der Waals surface area contributed by atoms with Crippen molar-refractivity contribution in [1.29, 1.82) is 0 Å². The van der Waals surface area contributed by atoms with E-state index in [0.717, 1.165) is 61.8 Å². The standard InChI is InChI=1S/C32H48N6O6/c39-19-15-37(16-20-40)13-1-11-33-25-3-7-27(8-4-25)35-29-23-30(32(44)24-31(29)43)36-28-9-5-26(6-10-28)34-12-2-14-38(17-21-41)18-22-42/h3-10,23-24,33-36,39-44H,1-2,11-22H2. The molecule has 0 aliphatic rings. The molecule has 242 valence electrons. The average molecular weight is 613 g/mol. The lowest BCUT2D eigenvalue weighted by atomic mass is 10.2. The van der Waals surface area contributed by atoms with Crippen LogP contribution in [0.5, 0.6) is 11.5 Å². The fourth-order valence-electron chi connectivity index (χ4n) is 4.74. The van der Waals surface area contributed by atoms with Crippen molar-refractivity contribution in [2.24, 2.45) is 0 Å². The summed E-state index contributed by atoms with van der Waals surface area (Å²) in [6.45, 7) is 5.54. The van der Waals surface area contributed by atoms with Gasteiger partial charge in [0, 0.05) is 68.1 Å². The highest BCUT2D eigenvalue weighted by Gasteiger charge is 2.10. The number of anilines is 6. The quantitative estimate of drug-likeness (QED) is 0.0457. The lowest BCUT2D eigenvalue weighted by Crippen LogP contribution is -2.31. The summed E-state index contributed by atoms with van der Waals surface area (Å²) in [4.78, 5) is 4.04. The van der Waals surface area contributed by atoms with Crippen molar-refractivity contribution >= 4 is 34.1 Å². The van der Waals surface area contributed by atoms with Crippen LogP contribution in [-0.4, -0.2) is 119 Å². The Bertz CT molecular complexity index is 1110. The number of benzene rings is 3. The van der Waals surface area contributed by atoms with Crippen molar-refractivity contribution in [3.63, 3.8) is 0 Å². The molecule has 10 N–H and O–H groups in total. The minimum absolute atomic E-state index is 0.0719. The van der Waals surface area contributed by atoms with Crippen molar-refractivity contribution in [1.82, 2.24) is 9.80 Å². The second kappa shape index (κ2) is 19.5. The third-order valence-electron chi connectivity index (χ3n) is 7.07. The Morgan fingerprint density at radius 1 is 0.455 bits per heavy atom. The molecule has 0 bridgehead atoms. The first-order chi connectivity index (χ1) is 21.4. The molecule has 0 unspecified atom stereocenters. The fourth-order valence-corrected chi connectivity index (χ4v) is 4.74. The number of phenols is 2. The fraction of sp³-hybridized carbons (Fsp3) is 0.438. The van der Waals surface area contributed by atoms with Crippen molar-refractivity contribution in [2.45, 2.75) is 12.8 Å². The Hall–Kier alpha value is -3.78. The Balaban J connectivity index is 1.50. The normalized spacial score (nSPS) is 11.2. The number of hydrogen-bond acceptors (Lipinski definition) is 12. The van der Waals surface area contributed by atoms with Crippen molar-refractivity contribution in [2.75, 3.05) is 100 Å². The third kappa shape index (κ3) is 12.1. The van der Waals surface area contributed by atoms with Gasteiger partial charge in [-0.2, -0.15) is 0 Å². The largest absolute Gasteiger partial charge is 0.506 e. The summed E-state index contributed by atoms with van der Waals surface area (Å²) < 4.78 is 0. The second-order valence-corrected chi connectivity index (χ2v) is 10.4. The SMILES string of the molecule is OCCN(CCO)CCCNc1ccc(Nc2cc(Nc3ccc(NCCCN(CCO)CCO)cc3)c(O)cc2O)cc1. The van der Waals surface area contributed by atoms with Gasteiger partial charge in [-0.3, -0.25) is 9.80 Å². The number of phenolic OH excluding ortho intramolecular Hbond substituents is 2. The number of nitrogens with one attached hydrogen (secondary N) is 4. The van der Waals surface area contributed by atoms with Crippen LogP contribution in [-0.2, 0) is 0 Å². The summed E-state index contributed by atoms with van der Waals surface area (Å²) in [7, 11) is 0. The Kier molecular flexibility index (Phi) is 15.4. The van der Waals surface area contributed by atoms with E-state index in [1.54, 1.807) is 6.07 Å². The van der Waals surface area contributed by atoms with E-state index in [4.69, 9.17) is 20.4 Å². The molecule has 3 aromatic carbocycles. The van der Waals surface area contributed by atoms with Gasteiger partial charge in [0.25, 0.3) is 0 Å². The molecule has 0 radical (unpaired) electrons. The number of aromatic hydroxyl groups is 2. The van der Waals surface area contributed by atoms with E-state index in [1.165, 1.54) is 6.07 Å². The van der Waals surface area contributed by atoms with Gasteiger partial charge in [0.15, 0.2) is 0 Å². The Labute approximate surface area is 259 Å². The predicted molar refractivity (Wildman–Crippen MR) is 177 cm³/mol. The van der Waals surface area contributed by atoms with Crippen LogP contribution in [0, 0.1) is 0 Å². The molecule has 3 aromatic rings. The molecule has 0 amide bonds. The number of rotatable bonds is 22. The molecule has 0 saturated carbocycles. The van der Waals surface area contributed by atoms with Crippen LogP contribution in [0.1, 0.15) is 12.8 Å². The molecule has 0 saturated heterocycles. The smallest absolute Gasteiger partial charge is 0.142 e. The molecule has 3 rings (SSSR count). The third-order valence-corrected chi connectivity index (χ3v) is 7.07. The van der Waals surface area contributed by atoms with Gasteiger partial charge in [0.2, 0.25) is 0 Å². The van der Waals surface area contributed by atoms with E-state index in [1.807, 2.05) is 58.3 Å². The van der Waals surface area contributed by atoms with Gasteiger partial charge in [-0.1, -0.05) is 0 Å². The van der Waals surface area contributed by atoms with E-state index in [2.05, 4.69) is 21.3 Å². The van der Waals surface area contributed by atoms with Crippen LogP contribution in [0.4, 0.5) is 34.1 Å². The summed E-state index contributed by atoms with van der Waals surface area (Å²) >= 11 is 0. The summed E-state index contributed by atoms with van der Waals surface area (Å²) in [5.41, 5.74) is 4.32. The molecule has 0 fully saturated rings. The maximum atomic E-state index is 10.5. The molecule has 0 aliphatic heterocycles. The van der Waals surface area contributed by atoms with E-state index >= 15 is 0 Å². The van der Waals surface area contributed by atoms with Crippen LogP contribution in [0.3, 0.4) is 0 Å². The zero-order valence-corrected chi connectivity index (χ0v) is 25.3. The monoisotopic (exact) mass is 612 g/mol. The minimum Gasteiger partial charge on any atom is -0.506 e. The average Bonchev–Trinajstić information content (AvgIpc) is 3.02. The predicted octanol–water partition coefficient (Wildman–Crippen LogP) is 2.76. The number of nitrogens with zero attached hydrogens (tertiary/aromatic N) is 2. The number of aliphatic hydroxyl groups excluding tert-OH is 4. The number of hydrogen-bond donors (Lipinski definition) is 10. The molecular weight excluding hydrogens is 564 g/mol. The van der Waals surface area contributed by atoms with E-state index in [-0.39, 0.29) is 37.9 Å². The van der Waals surface area contributed by atoms with Crippen LogP contribution >= 0.6 is 0 Å². The van der Waals surface area contributed by atoms with Gasteiger partial charge >= 0.3 is 0 Å². The topological polar surface area (TPSA) is 176 Å². The second-order valence-electron chi connectivity index (χ2n) is 10.4. The van der Waals surface area contributed by atoms with Crippen molar-refractivity contribution < 1.29 is 30.6 Å². The van der Waals surface area contributed by atoms with Crippen LogP contribution < -0.4 is 21.3 Å². The molecule has 44 heavy (non-hydrogen) atoms. The lowest BCUT2D eigenvalue weighted by molar-refractivity contribution is 0.160. The van der Waals surface area contributed by atoms with Gasteiger partial charge < -0.3 is 51.9 Å². The molecular formula is C32H48N6O6. The first-order valence-electron chi connectivity index (χ1n) is 15.1. The van der Waals surface area contributed by atoms with Crippen molar-refractivity contribution in [3.8, 4) is 11.5 Å². The first-order valence-corrected chi connectivity index (χ1v) is 15.1. The zero-order valence-electron chi connectivity index (χ0n) is 25.3. The zero-order chi connectivity index (χ0) is 31.6. The van der Waals surface area contributed by atoms with Gasteiger partial charge in [0.05, 0.1) is 37.8 Å². The first kappa shape index (κ1) is 34.7. The summed E-state index contributed by atoms with van der Waals surface area (Å²) in [6, 6.07) is 18.3. The highest BCUT2D eigenvalue weighted by Crippen LogP contribution is 2.38. The Morgan fingerprint density at radius 3 is 1.14 bits per heavy atom. The van der Waals surface area contributed by atoms with E-state index < -0.39 is 0 Å². The van der Waals surface area contributed by atoms with Gasteiger partial charge in [0.1, 0.15) is 11.5 Å². The highest BCUT2D eigenvalue weighted by molar-refractivity contribution is 5.78. The summed E-state index contributed by atoms with van der Waals surface area (Å²) in [6.07, 6.45) is 1.74. The summed E-state index contributed by atoms with van der Waals surface area (Å²) in [5, 5.41) is 70.6. The van der Waals surface area contributed by atoms with Crippen LogP contribution in [0.15, 0.2) is 60.7 Å². The maximum Gasteiger partial charge on any atom is 0.142 e. The molecule has 12 nitrogen and oxygen atoms in total. The minimum atomic E-state index is -0.0818. The molecule has 12 heteroatoms. The van der Waals surface area contributed by atoms with Crippen LogP contribution in [0.25, 0.3) is 0 Å². The molecule has 0 aromatic heterocycles. The highest BCUT2D eigenvalue weighted by atomic mass is 16.3. The number of aliphatic hydroxyl groups is 4. The lowest BCUT2D eigenvalue weighted by Gasteiger charge is -2.20. The van der Waals surface area contributed by atoms with Gasteiger partial charge in [-0.15, -0.1) is 0 Å².